The highest BCUT2D eigenvalue weighted by molar-refractivity contribution is 9.10. The molecule has 0 radical (unpaired) electrons. The molecule has 1 heterocycles. The number of hydrogen-bond acceptors (Lipinski definition) is 3. The van der Waals surface area contributed by atoms with Crippen molar-refractivity contribution in [3.8, 4) is 0 Å². The second-order valence-corrected chi connectivity index (χ2v) is 7.57. The largest absolute Gasteiger partial charge is 0.365 e. The molecule has 18 heavy (non-hydrogen) atoms. The molecule has 0 aromatic carbocycles. The lowest BCUT2D eigenvalue weighted by molar-refractivity contribution is 0.155. The summed E-state index contributed by atoms with van der Waals surface area (Å²) >= 11 is 3.52. The number of fused-ring (bicyclic) bond motifs is 2. The molecule has 0 spiro atoms. The summed E-state index contributed by atoms with van der Waals surface area (Å²) in [5.41, 5.74) is 0.760. The van der Waals surface area contributed by atoms with Gasteiger partial charge in [-0.05, 0) is 51.9 Å². The van der Waals surface area contributed by atoms with Crippen molar-refractivity contribution in [1.82, 2.24) is 9.97 Å². The average molecular weight is 310 g/mol. The lowest BCUT2D eigenvalue weighted by Gasteiger charge is -2.43. The lowest BCUT2D eigenvalue weighted by atomic mass is 9.68. The average Bonchev–Trinajstić information content (AvgIpc) is 2.78. The topological polar surface area (TPSA) is 37.8 Å². The minimum Gasteiger partial charge on any atom is -0.365 e. The Labute approximate surface area is 117 Å². The van der Waals surface area contributed by atoms with Crippen molar-refractivity contribution in [3.05, 3.63) is 17.0 Å². The van der Waals surface area contributed by atoms with Crippen molar-refractivity contribution in [2.45, 2.75) is 46.1 Å². The molecule has 3 nitrogen and oxygen atoms in total. The Bertz CT molecular complexity index is 469. The monoisotopic (exact) mass is 309 g/mol. The van der Waals surface area contributed by atoms with Crippen molar-refractivity contribution in [2.75, 3.05) is 5.32 Å². The first-order valence-electron chi connectivity index (χ1n) is 6.65. The Morgan fingerprint density at radius 1 is 1.39 bits per heavy atom. The maximum Gasteiger partial charge on any atom is 0.143 e. The lowest BCUT2D eigenvalue weighted by Crippen LogP contribution is -2.46. The van der Waals surface area contributed by atoms with E-state index >= 15 is 0 Å². The quantitative estimate of drug-likeness (QED) is 0.901. The van der Waals surface area contributed by atoms with Gasteiger partial charge in [-0.2, -0.15) is 0 Å². The van der Waals surface area contributed by atoms with Gasteiger partial charge in [0.1, 0.15) is 12.1 Å². The number of nitrogens with zero attached hydrogens (tertiary/aromatic N) is 2. The van der Waals surface area contributed by atoms with Crippen molar-refractivity contribution in [1.29, 1.82) is 0 Å². The van der Waals surface area contributed by atoms with Crippen LogP contribution in [-0.2, 0) is 0 Å². The smallest absolute Gasteiger partial charge is 0.143 e. The van der Waals surface area contributed by atoms with Crippen LogP contribution in [-0.4, -0.2) is 16.0 Å². The molecular formula is C14H20BrN3. The molecule has 3 atom stereocenters. The van der Waals surface area contributed by atoms with Gasteiger partial charge in [0, 0.05) is 12.2 Å². The summed E-state index contributed by atoms with van der Waals surface area (Å²) in [6, 6.07) is 0.495. The van der Waals surface area contributed by atoms with Crippen LogP contribution in [0, 0.1) is 16.7 Å². The van der Waals surface area contributed by atoms with E-state index in [-0.39, 0.29) is 0 Å². The zero-order chi connectivity index (χ0) is 13.0. The molecule has 0 saturated heterocycles. The van der Waals surface area contributed by atoms with Gasteiger partial charge in [0.15, 0.2) is 0 Å². The Hall–Kier alpha value is -0.640. The van der Waals surface area contributed by atoms with Crippen molar-refractivity contribution in [2.24, 2.45) is 16.7 Å². The molecule has 2 aliphatic rings. The first-order valence-corrected chi connectivity index (χ1v) is 7.45. The third-order valence-corrected chi connectivity index (χ3v) is 5.80. The third-order valence-electron chi connectivity index (χ3n) is 5.22. The zero-order valence-corrected chi connectivity index (χ0v) is 12.8. The van der Waals surface area contributed by atoms with Crippen LogP contribution in [0.25, 0.3) is 0 Å². The maximum absolute atomic E-state index is 4.35. The molecule has 4 heteroatoms. The predicted octanol–water partition coefficient (Wildman–Crippen LogP) is 3.87. The fourth-order valence-electron chi connectivity index (χ4n) is 4.22. The number of halogens is 1. The van der Waals surface area contributed by atoms with Gasteiger partial charge in [0.2, 0.25) is 0 Å². The van der Waals surface area contributed by atoms with Crippen molar-refractivity contribution >= 4 is 21.7 Å². The fraction of sp³-hybridized carbons (Fsp3) is 0.714. The number of rotatable bonds is 2. The first-order chi connectivity index (χ1) is 8.43. The molecule has 1 aromatic heterocycles. The van der Waals surface area contributed by atoms with E-state index in [1.807, 2.05) is 0 Å². The minimum absolute atomic E-state index is 0.345. The van der Waals surface area contributed by atoms with Crippen LogP contribution in [0.3, 0.4) is 0 Å². The summed E-state index contributed by atoms with van der Waals surface area (Å²) in [6.45, 7) is 7.22. The summed E-state index contributed by atoms with van der Waals surface area (Å²) in [4.78, 5) is 8.38. The molecular weight excluding hydrogens is 290 g/mol. The summed E-state index contributed by atoms with van der Waals surface area (Å²) < 4.78 is 0.951. The molecule has 1 N–H and O–H groups in total. The van der Waals surface area contributed by atoms with E-state index in [1.54, 1.807) is 12.5 Å². The van der Waals surface area contributed by atoms with Crippen LogP contribution in [0.2, 0.25) is 0 Å². The number of nitrogens with one attached hydrogen (secondary N) is 1. The van der Waals surface area contributed by atoms with Crippen LogP contribution < -0.4 is 5.32 Å². The van der Waals surface area contributed by atoms with Crippen molar-refractivity contribution < 1.29 is 0 Å². The Balaban J connectivity index is 1.91. The Kier molecular flexibility index (Phi) is 2.70. The van der Waals surface area contributed by atoms with Crippen molar-refractivity contribution in [3.63, 3.8) is 0 Å². The molecule has 0 amide bonds. The number of anilines is 1. The molecule has 98 valence electrons. The summed E-state index contributed by atoms with van der Waals surface area (Å²) in [6.07, 6.45) is 7.47. The summed E-state index contributed by atoms with van der Waals surface area (Å²) in [5.74, 6) is 1.78. The molecule has 2 aliphatic carbocycles. The molecule has 2 bridgehead atoms. The SMILES string of the molecule is CC12CCC(C1)C(C)(C)C2Nc1ncncc1Br. The highest BCUT2D eigenvalue weighted by atomic mass is 79.9. The fourth-order valence-corrected chi connectivity index (χ4v) is 4.55. The van der Waals surface area contributed by atoms with E-state index in [1.165, 1.54) is 19.3 Å². The minimum atomic E-state index is 0.345. The van der Waals surface area contributed by atoms with Gasteiger partial charge in [0.05, 0.1) is 4.47 Å². The second-order valence-electron chi connectivity index (χ2n) is 6.71. The molecule has 2 fully saturated rings. The van der Waals surface area contributed by atoms with Gasteiger partial charge in [-0.1, -0.05) is 20.8 Å². The highest BCUT2D eigenvalue weighted by Gasteiger charge is 2.59. The van der Waals surface area contributed by atoms with E-state index in [9.17, 15) is 0 Å². The molecule has 2 saturated carbocycles. The standard InChI is InChI=1S/C14H20BrN3/c1-13(2)9-4-5-14(3,6-9)12(13)18-11-10(15)7-16-8-17-11/h7-9,12H,4-6H2,1-3H3,(H,16,17,18). The first kappa shape index (κ1) is 12.4. The predicted molar refractivity (Wildman–Crippen MR) is 76.4 cm³/mol. The van der Waals surface area contributed by atoms with E-state index in [4.69, 9.17) is 0 Å². The van der Waals surface area contributed by atoms with Crippen LogP contribution >= 0.6 is 15.9 Å². The molecule has 0 aliphatic heterocycles. The summed E-state index contributed by atoms with van der Waals surface area (Å²) in [5, 5.41) is 3.67. The van der Waals surface area contributed by atoms with E-state index < -0.39 is 0 Å². The normalized spacial score (nSPS) is 36.9. The van der Waals surface area contributed by atoms with Gasteiger partial charge in [0.25, 0.3) is 0 Å². The second kappa shape index (κ2) is 3.92. The Morgan fingerprint density at radius 2 is 2.17 bits per heavy atom. The van der Waals surface area contributed by atoms with Gasteiger partial charge in [-0.15, -0.1) is 0 Å². The number of hydrogen-bond donors (Lipinski definition) is 1. The Morgan fingerprint density at radius 3 is 2.78 bits per heavy atom. The molecule has 3 rings (SSSR count). The van der Waals surface area contributed by atoms with Gasteiger partial charge < -0.3 is 5.32 Å². The third kappa shape index (κ3) is 1.68. The van der Waals surface area contributed by atoms with E-state index in [2.05, 4.69) is 52.0 Å². The van der Waals surface area contributed by atoms with E-state index in [0.29, 0.717) is 16.9 Å². The van der Waals surface area contributed by atoms with Crippen LogP contribution in [0.1, 0.15) is 40.0 Å². The van der Waals surface area contributed by atoms with Crippen LogP contribution in [0.5, 0.6) is 0 Å². The van der Waals surface area contributed by atoms with E-state index in [0.717, 1.165) is 16.2 Å². The van der Waals surface area contributed by atoms with Gasteiger partial charge in [-0.25, -0.2) is 9.97 Å². The molecule has 3 unspecified atom stereocenters. The highest BCUT2D eigenvalue weighted by Crippen LogP contribution is 2.63. The van der Waals surface area contributed by atoms with Gasteiger partial charge in [-0.3, -0.25) is 0 Å². The maximum atomic E-state index is 4.35. The number of aromatic nitrogens is 2. The molecule has 1 aromatic rings. The van der Waals surface area contributed by atoms with Crippen LogP contribution in [0.4, 0.5) is 5.82 Å². The summed E-state index contributed by atoms with van der Waals surface area (Å²) in [7, 11) is 0. The van der Waals surface area contributed by atoms with Crippen LogP contribution in [0.15, 0.2) is 17.0 Å². The van der Waals surface area contributed by atoms with Gasteiger partial charge >= 0.3 is 0 Å². The zero-order valence-electron chi connectivity index (χ0n) is 11.2.